The zero-order valence-electron chi connectivity index (χ0n) is 12.9. The predicted octanol–water partition coefficient (Wildman–Crippen LogP) is 2.28. The van der Waals surface area contributed by atoms with Crippen LogP contribution in [-0.2, 0) is 20.7 Å². The van der Waals surface area contributed by atoms with E-state index in [1.165, 1.54) is 29.1 Å². The summed E-state index contributed by atoms with van der Waals surface area (Å²) in [6, 6.07) is 6.62. The summed E-state index contributed by atoms with van der Waals surface area (Å²) in [5, 5.41) is 1.25. The van der Waals surface area contributed by atoms with Gasteiger partial charge >= 0.3 is 0 Å². The van der Waals surface area contributed by atoms with E-state index in [4.69, 9.17) is 4.79 Å². The van der Waals surface area contributed by atoms with Gasteiger partial charge < -0.3 is 14.6 Å². The summed E-state index contributed by atoms with van der Waals surface area (Å²) in [5.41, 5.74) is 3.69. The van der Waals surface area contributed by atoms with Gasteiger partial charge in [-0.05, 0) is 37.5 Å². The number of carbonyl (C=O) groups is 2. The van der Waals surface area contributed by atoms with Crippen LogP contribution in [0.3, 0.4) is 0 Å². The number of hydrogen-bond acceptors (Lipinski definition) is 3. The average molecular weight is 290 g/mol. The van der Waals surface area contributed by atoms with Crippen LogP contribution < -0.4 is 0 Å². The maximum absolute atomic E-state index is 10.7. The number of fused-ring (bicyclic) bond motifs is 1. The summed E-state index contributed by atoms with van der Waals surface area (Å²) in [7, 11) is 3.13. The van der Waals surface area contributed by atoms with E-state index in [9.17, 15) is 4.79 Å². The molecule has 0 unspecified atom stereocenters. The first kappa shape index (κ1) is 16.8. The highest BCUT2D eigenvalue weighted by Gasteiger charge is 2.11. The van der Waals surface area contributed by atoms with Gasteiger partial charge in [0.05, 0.1) is 7.11 Å². The first-order valence-corrected chi connectivity index (χ1v) is 6.73. The van der Waals surface area contributed by atoms with E-state index in [-0.39, 0.29) is 6.04 Å². The molecule has 5 heteroatoms. The molecule has 0 aliphatic carbocycles. The lowest BCUT2D eigenvalue weighted by molar-refractivity contribution is -0.126. The van der Waals surface area contributed by atoms with Gasteiger partial charge in [-0.25, -0.2) is 0 Å². The molecular formula is C16H22N2O3. The third kappa shape index (κ3) is 4.63. The van der Waals surface area contributed by atoms with Crippen molar-refractivity contribution in [2.45, 2.75) is 26.3 Å². The van der Waals surface area contributed by atoms with Crippen LogP contribution in [0.5, 0.6) is 0 Å². The van der Waals surface area contributed by atoms with E-state index in [2.05, 4.69) is 41.8 Å². The van der Waals surface area contributed by atoms with Crippen LogP contribution in [-0.4, -0.2) is 43.0 Å². The third-order valence-electron chi connectivity index (χ3n) is 3.40. The van der Waals surface area contributed by atoms with Crippen molar-refractivity contribution in [3.8, 4) is 0 Å². The minimum atomic E-state index is 0.216. The van der Waals surface area contributed by atoms with Gasteiger partial charge in [-0.1, -0.05) is 12.1 Å². The molecule has 0 bridgehead atoms. The number of H-pyrrole nitrogens is 1. The largest absolute Gasteiger partial charge is 0.471 e. The van der Waals surface area contributed by atoms with Gasteiger partial charge in [0, 0.05) is 30.2 Å². The quantitative estimate of drug-likeness (QED) is 0.859. The van der Waals surface area contributed by atoms with Crippen molar-refractivity contribution in [2.24, 2.45) is 0 Å². The fourth-order valence-corrected chi connectivity index (χ4v) is 2.04. The van der Waals surface area contributed by atoms with E-state index >= 15 is 0 Å². The van der Waals surface area contributed by atoms with Crippen molar-refractivity contribution in [3.63, 3.8) is 0 Å². The van der Waals surface area contributed by atoms with Crippen molar-refractivity contribution >= 4 is 23.8 Å². The van der Waals surface area contributed by atoms with E-state index in [0.29, 0.717) is 6.47 Å². The number of nitrogens with zero attached hydrogens (tertiary/aromatic N) is 1. The molecule has 2 rings (SSSR count). The number of nitrogens with one attached hydrogen (secondary N) is 1. The highest BCUT2D eigenvalue weighted by atomic mass is 16.5. The van der Waals surface area contributed by atoms with Crippen molar-refractivity contribution in [1.82, 2.24) is 9.88 Å². The van der Waals surface area contributed by atoms with Gasteiger partial charge in [-0.3, -0.25) is 9.59 Å². The summed E-state index contributed by atoms with van der Waals surface area (Å²) in [4.78, 5) is 24.6. The minimum absolute atomic E-state index is 0.216. The number of methoxy groups -OCH3 is 1. The Hall–Kier alpha value is -2.30. The number of aryl methyl sites for hydroxylation is 1. The molecule has 1 atom stereocenters. The van der Waals surface area contributed by atoms with E-state index < -0.39 is 0 Å². The monoisotopic (exact) mass is 290 g/mol. The lowest BCUT2D eigenvalue weighted by Gasteiger charge is -2.19. The SMILES string of the molecule is COC=O.Cc1ccc2c(C[C@H](C)N(C)C=O)c[nH]c2c1. The Kier molecular flexibility index (Phi) is 6.46. The van der Waals surface area contributed by atoms with Gasteiger partial charge in [-0.15, -0.1) is 0 Å². The number of likely N-dealkylation sites (N-methyl/N-ethyl adjacent to an activating group) is 1. The van der Waals surface area contributed by atoms with Crippen LogP contribution in [0.4, 0.5) is 0 Å². The van der Waals surface area contributed by atoms with Gasteiger partial charge in [0.1, 0.15) is 0 Å². The Morgan fingerprint density at radius 2 is 2.05 bits per heavy atom. The molecule has 0 saturated carbocycles. The number of ether oxygens (including phenoxy) is 1. The van der Waals surface area contributed by atoms with Crippen LogP contribution in [0.15, 0.2) is 24.4 Å². The summed E-state index contributed by atoms with van der Waals surface area (Å²) in [6.45, 7) is 4.52. The Morgan fingerprint density at radius 3 is 2.62 bits per heavy atom. The highest BCUT2D eigenvalue weighted by Crippen LogP contribution is 2.21. The third-order valence-corrected chi connectivity index (χ3v) is 3.40. The number of hydrogen-bond donors (Lipinski definition) is 1. The van der Waals surface area contributed by atoms with Crippen molar-refractivity contribution in [3.05, 3.63) is 35.5 Å². The van der Waals surface area contributed by atoms with E-state index in [0.717, 1.165) is 12.8 Å². The molecule has 0 aliphatic rings. The van der Waals surface area contributed by atoms with Crippen LogP contribution >= 0.6 is 0 Å². The van der Waals surface area contributed by atoms with Gasteiger partial charge in [0.15, 0.2) is 0 Å². The molecule has 0 spiro atoms. The summed E-state index contributed by atoms with van der Waals surface area (Å²) < 4.78 is 3.86. The smallest absolute Gasteiger partial charge is 0.292 e. The fourth-order valence-electron chi connectivity index (χ4n) is 2.04. The predicted molar refractivity (Wildman–Crippen MR) is 83.1 cm³/mol. The fraction of sp³-hybridized carbons (Fsp3) is 0.375. The molecule has 1 N–H and O–H groups in total. The molecule has 2 aromatic rings. The van der Waals surface area contributed by atoms with E-state index in [1.807, 2.05) is 13.2 Å². The Labute approximate surface area is 124 Å². The molecule has 114 valence electrons. The molecule has 1 heterocycles. The number of benzene rings is 1. The average Bonchev–Trinajstić information content (AvgIpc) is 2.88. The van der Waals surface area contributed by atoms with Gasteiger partial charge in [-0.2, -0.15) is 0 Å². The Balaban J connectivity index is 0.000000491. The van der Waals surface area contributed by atoms with Crippen molar-refractivity contribution in [1.29, 1.82) is 0 Å². The number of aromatic nitrogens is 1. The van der Waals surface area contributed by atoms with Gasteiger partial charge in [0.25, 0.3) is 6.47 Å². The molecule has 0 radical (unpaired) electrons. The number of aromatic amines is 1. The molecule has 5 nitrogen and oxygen atoms in total. The molecular weight excluding hydrogens is 268 g/mol. The molecule has 1 amide bonds. The molecule has 0 fully saturated rings. The summed E-state index contributed by atoms with van der Waals surface area (Å²) >= 11 is 0. The zero-order valence-corrected chi connectivity index (χ0v) is 12.9. The first-order valence-electron chi connectivity index (χ1n) is 6.73. The topological polar surface area (TPSA) is 62.4 Å². The minimum Gasteiger partial charge on any atom is -0.471 e. The molecule has 0 saturated heterocycles. The van der Waals surface area contributed by atoms with Crippen molar-refractivity contribution in [2.75, 3.05) is 14.2 Å². The lowest BCUT2D eigenvalue weighted by atomic mass is 10.0. The highest BCUT2D eigenvalue weighted by molar-refractivity contribution is 5.83. The van der Waals surface area contributed by atoms with Crippen LogP contribution in [0, 0.1) is 6.92 Å². The van der Waals surface area contributed by atoms with Crippen LogP contribution in [0.2, 0.25) is 0 Å². The second-order valence-corrected chi connectivity index (χ2v) is 5.02. The molecule has 1 aromatic heterocycles. The number of rotatable bonds is 5. The summed E-state index contributed by atoms with van der Waals surface area (Å²) in [5.74, 6) is 0. The zero-order chi connectivity index (χ0) is 15.8. The van der Waals surface area contributed by atoms with Crippen LogP contribution in [0.1, 0.15) is 18.1 Å². The van der Waals surface area contributed by atoms with E-state index in [1.54, 1.807) is 4.90 Å². The maximum Gasteiger partial charge on any atom is 0.292 e. The first-order chi connectivity index (χ1) is 10.0. The molecule has 1 aromatic carbocycles. The summed E-state index contributed by atoms with van der Waals surface area (Å²) in [6.07, 6.45) is 3.79. The van der Waals surface area contributed by atoms with Crippen molar-refractivity contribution < 1.29 is 14.3 Å². The standard InChI is InChI=1S/C14H18N2O.C2H4O2/c1-10-4-5-13-12(8-15-14(13)6-10)7-11(2)16(3)9-17;1-4-2-3/h4-6,8-9,11,15H,7H2,1-3H3;2H,1H3/t11-;/m0./s1. The maximum atomic E-state index is 10.7. The Bertz CT molecular complexity index is 592. The lowest BCUT2D eigenvalue weighted by Crippen LogP contribution is -2.29. The second kappa shape index (κ2) is 8.09. The second-order valence-electron chi connectivity index (χ2n) is 5.02. The molecule has 21 heavy (non-hydrogen) atoms. The number of amides is 1. The number of carbonyl (C=O) groups excluding carboxylic acids is 2. The van der Waals surface area contributed by atoms with Crippen LogP contribution in [0.25, 0.3) is 10.9 Å². The molecule has 0 aliphatic heterocycles. The van der Waals surface area contributed by atoms with Gasteiger partial charge in [0.2, 0.25) is 6.41 Å². The normalized spacial score (nSPS) is 11.2. The Morgan fingerprint density at radius 1 is 1.38 bits per heavy atom.